The number of piperidine rings is 1. The van der Waals surface area contributed by atoms with E-state index >= 15 is 0 Å². The number of carbonyl (C=O) groups excluding carboxylic acids is 1. The first-order valence-corrected chi connectivity index (χ1v) is 16.1. The highest BCUT2D eigenvalue weighted by atomic mass is 35.5. The number of rotatable bonds is 12. The first kappa shape index (κ1) is 31.9. The van der Waals surface area contributed by atoms with E-state index < -0.39 is 0 Å². The van der Waals surface area contributed by atoms with Crippen molar-refractivity contribution in [2.24, 2.45) is 11.8 Å². The number of amides is 1. The maximum Gasteiger partial charge on any atom is 0.256 e. The summed E-state index contributed by atoms with van der Waals surface area (Å²) in [6, 6.07) is 19.8. The van der Waals surface area contributed by atoms with Crippen molar-refractivity contribution in [2.45, 2.75) is 59.0 Å². The van der Waals surface area contributed by atoms with Crippen LogP contribution < -0.4 is 9.47 Å². The van der Waals surface area contributed by atoms with Crippen LogP contribution in [0.2, 0.25) is 5.02 Å². The molecule has 0 saturated carbocycles. The van der Waals surface area contributed by atoms with Gasteiger partial charge in [0.1, 0.15) is 5.82 Å². The summed E-state index contributed by atoms with van der Waals surface area (Å²) in [5, 5.41) is 0.245. The summed E-state index contributed by atoms with van der Waals surface area (Å²) in [5.41, 5.74) is 4.72. The summed E-state index contributed by atoms with van der Waals surface area (Å²) < 4.78 is 11.0. The van der Waals surface area contributed by atoms with Gasteiger partial charge in [0.15, 0.2) is 11.5 Å². The van der Waals surface area contributed by atoms with Crippen molar-refractivity contribution in [3.63, 3.8) is 0 Å². The van der Waals surface area contributed by atoms with E-state index in [0.717, 1.165) is 48.8 Å². The van der Waals surface area contributed by atoms with Gasteiger partial charge in [0.05, 0.1) is 41.9 Å². The van der Waals surface area contributed by atoms with Crippen LogP contribution in [0.15, 0.2) is 60.7 Å². The van der Waals surface area contributed by atoms with Gasteiger partial charge in [-0.15, -0.1) is 0 Å². The molecule has 5 rings (SSSR count). The highest BCUT2D eigenvalue weighted by molar-refractivity contribution is 6.35. The molecule has 7 nitrogen and oxygen atoms in total. The molecule has 0 bridgehead atoms. The lowest BCUT2D eigenvalue weighted by atomic mass is 9.95. The van der Waals surface area contributed by atoms with Gasteiger partial charge in [-0.25, -0.2) is 4.98 Å². The van der Waals surface area contributed by atoms with Gasteiger partial charge in [0.2, 0.25) is 0 Å². The number of likely N-dealkylation sites (tertiary alicyclic amines) is 1. The third-order valence-corrected chi connectivity index (χ3v) is 9.20. The fourth-order valence-corrected chi connectivity index (χ4v) is 6.38. The number of aromatic nitrogens is 2. The van der Waals surface area contributed by atoms with Gasteiger partial charge >= 0.3 is 0 Å². The van der Waals surface area contributed by atoms with Crippen LogP contribution in [0.4, 0.5) is 0 Å². The zero-order valence-corrected chi connectivity index (χ0v) is 27.4. The third-order valence-electron chi connectivity index (χ3n) is 8.83. The molecule has 44 heavy (non-hydrogen) atoms. The number of halogens is 1. The Balaban J connectivity index is 1.57. The van der Waals surface area contributed by atoms with Gasteiger partial charge in [-0.2, -0.15) is 0 Å². The Kier molecular flexibility index (Phi) is 10.5. The van der Waals surface area contributed by atoms with Crippen LogP contribution in [-0.4, -0.2) is 59.5 Å². The van der Waals surface area contributed by atoms with E-state index in [4.69, 9.17) is 26.1 Å². The zero-order chi connectivity index (χ0) is 31.2. The second kappa shape index (κ2) is 14.5. The van der Waals surface area contributed by atoms with E-state index in [1.165, 1.54) is 31.1 Å². The second-order valence-corrected chi connectivity index (χ2v) is 12.8. The van der Waals surface area contributed by atoms with Crippen LogP contribution in [0.5, 0.6) is 11.5 Å². The van der Waals surface area contributed by atoms with E-state index in [-0.39, 0.29) is 17.0 Å². The number of hydrogen-bond acceptors (Lipinski definition) is 5. The summed E-state index contributed by atoms with van der Waals surface area (Å²) in [4.78, 5) is 27.7. The highest BCUT2D eigenvalue weighted by Gasteiger charge is 2.32. The average molecular weight is 617 g/mol. The molecule has 1 amide bonds. The van der Waals surface area contributed by atoms with E-state index in [2.05, 4.69) is 54.9 Å². The Hall–Kier alpha value is -3.55. The van der Waals surface area contributed by atoms with Crippen LogP contribution in [0.25, 0.3) is 11.0 Å². The molecule has 1 saturated heterocycles. The number of ether oxygens (including phenoxy) is 2. The number of methoxy groups -OCH3 is 2. The zero-order valence-electron chi connectivity index (χ0n) is 26.6. The molecule has 4 aromatic rings. The van der Waals surface area contributed by atoms with Gasteiger partial charge in [0, 0.05) is 19.5 Å². The highest BCUT2D eigenvalue weighted by Crippen LogP contribution is 2.39. The number of nitrogens with zero attached hydrogens (tertiary/aromatic N) is 3. The minimum absolute atomic E-state index is 0.162. The molecule has 1 fully saturated rings. The molecule has 1 aliphatic heterocycles. The number of H-pyrrole nitrogens is 1. The maximum atomic E-state index is 14.6. The Labute approximate surface area is 266 Å². The van der Waals surface area contributed by atoms with Crippen molar-refractivity contribution in [3.05, 3.63) is 88.2 Å². The van der Waals surface area contributed by atoms with E-state index in [9.17, 15) is 4.79 Å². The minimum Gasteiger partial charge on any atom is -0.493 e. The predicted molar refractivity (Wildman–Crippen MR) is 178 cm³/mol. The van der Waals surface area contributed by atoms with Crippen molar-refractivity contribution in [3.8, 4) is 11.5 Å². The van der Waals surface area contributed by atoms with E-state index in [1.54, 1.807) is 19.2 Å². The third kappa shape index (κ3) is 7.22. The standard InChI is InChI=1S/C36H45ClN4O3/c1-24(2)16-21-41(36(42)28-14-15-32(43-4)34(44-5)33(28)37)31(35-38-29-12-8-9-13-30(29)39-35)22-26-10-6-7-11-27(26)23-40-19-17-25(3)18-20-40/h6-15,24-25,31H,16-23H2,1-5H3,(H,38,39). The number of hydrogen-bond donors (Lipinski definition) is 1. The van der Waals surface area contributed by atoms with E-state index in [0.29, 0.717) is 35.9 Å². The number of aromatic amines is 1. The molecule has 8 heteroatoms. The number of imidazole rings is 1. The van der Waals surface area contributed by atoms with Gasteiger partial charge < -0.3 is 19.4 Å². The first-order valence-electron chi connectivity index (χ1n) is 15.7. The lowest BCUT2D eigenvalue weighted by Gasteiger charge is -2.33. The van der Waals surface area contributed by atoms with Gasteiger partial charge in [0.25, 0.3) is 5.91 Å². The Morgan fingerprint density at radius 2 is 1.73 bits per heavy atom. The van der Waals surface area contributed by atoms with E-state index in [1.807, 2.05) is 29.2 Å². The number of para-hydroxylation sites is 2. The number of benzene rings is 3. The molecule has 1 aromatic heterocycles. The minimum atomic E-state index is -0.347. The summed E-state index contributed by atoms with van der Waals surface area (Å²) in [5.74, 6) is 2.62. The largest absolute Gasteiger partial charge is 0.493 e. The topological polar surface area (TPSA) is 70.7 Å². The van der Waals surface area contributed by atoms with Gasteiger partial charge in [-0.1, -0.05) is 68.8 Å². The lowest BCUT2D eigenvalue weighted by Crippen LogP contribution is -2.38. The quantitative estimate of drug-likeness (QED) is 0.175. The number of fused-ring (bicyclic) bond motifs is 1. The Bertz CT molecular complexity index is 1530. The van der Waals surface area contributed by atoms with Crippen LogP contribution in [-0.2, 0) is 13.0 Å². The predicted octanol–water partition coefficient (Wildman–Crippen LogP) is 7.94. The maximum absolute atomic E-state index is 14.6. The van der Waals surface area contributed by atoms with Crippen molar-refractivity contribution >= 4 is 28.5 Å². The summed E-state index contributed by atoms with van der Waals surface area (Å²) in [6.07, 6.45) is 3.91. The molecule has 234 valence electrons. The average Bonchev–Trinajstić information content (AvgIpc) is 3.46. The molecular formula is C36H45ClN4O3. The summed E-state index contributed by atoms with van der Waals surface area (Å²) in [7, 11) is 3.09. The first-order chi connectivity index (χ1) is 21.3. The SMILES string of the molecule is COc1ccc(C(=O)N(CCC(C)C)C(Cc2ccccc2CN2CCC(C)CC2)c2nc3ccccc3[nH]2)c(Cl)c1OC. The monoisotopic (exact) mass is 616 g/mol. The molecule has 0 radical (unpaired) electrons. The molecule has 3 aromatic carbocycles. The smallest absolute Gasteiger partial charge is 0.256 e. The molecule has 2 heterocycles. The summed E-state index contributed by atoms with van der Waals surface area (Å²) >= 11 is 6.83. The van der Waals surface area contributed by atoms with Crippen LogP contribution in [0.3, 0.4) is 0 Å². The fraction of sp³-hybridized carbons (Fsp3) is 0.444. The second-order valence-electron chi connectivity index (χ2n) is 12.4. The molecule has 1 atom stereocenters. The van der Waals surface area contributed by atoms with Crippen molar-refractivity contribution < 1.29 is 14.3 Å². The van der Waals surface area contributed by atoms with Crippen LogP contribution in [0.1, 0.15) is 73.4 Å². The molecule has 1 unspecified atom stereocenters. The van der Waals surface area contributed by atoms with Gasteiger partial charge in [-0.3, -0.25) is 9.69 Å². The molecule has 1 N–H and O–H groups in total. The van der Waals surface area contributed by atoms with Crippen LogP contribution >= 0.6 is 11.6 Å². The molecule has 0 spiro atoms. The Morgan fingerprint density at radius 3 is 2.41 bits per heavy atom. The molecule has 0 aliphatic carbocycles. The Morgan fingerprint density at radius 1 is 1.02 bits per heavy atom. The van der Waals surface area contributed by atoms with Crippen molar-refractivity contribution in [1.82, 2.24) is 19.8 Å². The molecular weight excluding hydrogens is 572 g/mol. The van der Waals surface area contributed by atoms with Gasteiger partial charge in [-0.05, 0) is 79.6 Å². The fourth-order valence-electron chi connectivity index (χ4n) is 6.07. The summed E-state index contributed by atoms with van der Waals surface area (Å²) in [6.45, 7) is 10.4. The lowest BCUT2D eigenvalue weighted by molar-refractivity contribution is 0.0656. The van der Waals surface area contributed by atoms with Crippen LogP contribution in [0, 0.1) is 11.8 Å². The number of carbonyl (C=O) groups is 1. The van der Waals surface area contributed by atoms with Crippen molar-refractivity contribution in [1.29, 1.82) is 0 Å². The van der Waals surface area contributed by atoms with Crippen molar-refractivity contribution in [2.75, 3.05) is 33.9 Å². The number of nitrogens with one attached hydrogen (secondary N) is 1. The molecule has 1 aliphatic rings. The normalized spacial score (nSPS) is 15.1.